The van der Waals surface area contributed by atoms with Crippen molar-refractivity contribution in [1.29, 1.82) is 0 Å². The summed E-state index contributed by atoms with van der Waals surface area (Å²) in [6.07, 6.45) is -4.74. The fraction of sp³-hybridized carbons (Fsp3) is 0.450. The van der Waals surface area contributed by atoms with Crippen molar-refractivity contribution in [2.24, 2.45) is 0 Å². The fourth-order valence-electron chi connectivity index (χ4n) is 3.12. The van der Waals surface area contributed by atoms with E-state index in [0.717, 1.165) is 30.2 Å². The molecule has 164 valence electrons. The Morgan fingerprint density at radius 3 is 2.63 bits per heavy atom. The van der Waals surface area contributed by atoms with Crippen LogP contribution in [0.25, 0.3) is 0 Å². The molecule has 1 aliphatic rings. The van der Waals surface area contributed by atoms with Gasteiger partial charge in [-0.15, -0.1) is 11.8 Å². The molecule has 0 N–H and O–H groups in total. The van der Waals surface area contributed by atoms with Crippen molar-refractivity contribution >= 4 is 29.4 Å². The Bertz CT molecular complexity index is 886. The molecule has 0 radical (unpaired) electrons. The SMILES string of the molecule is CN(C)Cc1ccc(CSCCN2C(=O)CSC2c2ccc(C(F)(F)F)c(F)c2)o1. The molecule has 30 heavy (non-hydrogen) atoms. The van der Waals surface area contributed by atoms with Gasteiger partial charge in [-0.05, 0) is 43.9 Å². The first kappa shape index (κ1) is 23.0. The van der Waals surface area contributed by atoms with Crippen molar-refractivity contribution < 1.29 is 26.8 Å². The summed E-state index contributed by atoms with van der Waals surface area (Å²) >= 11 is 2.89. The Kier molecular flexibility index (Phi) is 7.41. The number of hydrogen-bond donors (Lipinski definition) is 0. The average Bonchev–Trinajstić information content (AvgIpc) is 3.23. The van der Waals surface area contributed by atoms with E-state index >= 15 is 0 Å². The highest BCUT2D eigenvalue weighted by atomic mass is 32.2. The van der Waals surface area contributed by atoms with Gasteiger partial charge < -0.3 is 14.2 Å². The number of rotatable bonds is 8. The van der Waals surface area contributed by atoms with Gasteiger partial charge >= 0.3 is 6.18 Å². The van der Waals surface area contributed by atoms with E-state index < -0.39 is 22.9 Å². The topological polar surface area (TPSA) is 36.7 Å². The molecule has 1 fully saturated rings. The first-order chi connectivity index (χ1) is 14.1. The molecule has 1 unspecified atom stereocenters. The second-order valence-electron chi connectivity index (χ2n) is 7.15. The Hall–Kier alpha value is -1.65. The van der Waals surface area contributed by atoms with Crippen LogP contribution in [0.3, 0.4) is 0 Å². The van der Waals surface area contributed by atoms with Crippen LogP contribution in [-0.4, -0.2) is 47.9 Å². The van der Waals surface area contributed by atoms with Crippen LogP contribution >= 0.6 is 23.5 Å². The van der Waals surface area contributed by atoms with Crippen LogP contribution in [0, 0.1) is 5.82 Å². The summed E-state index contributed by atoms with van der Waals surface area (Å²) in [7, 11) is 3.92. The van der Waals surface area contributed by atoms with E-state index in [0.29, 0.717) is 23.6 Å². The largest absolute Gasteiger partial charge is 0.464 e. The molecule has 1 aromatic carbocycles. The second kappa shape index (κ2) is 9.65. The molecule has 1 atom stereocenters. The molecule has 4 nitrogen and oxygen atoms in total. The standard InChI is InChI=1S/C20H22F4N2O2S2/c1-25(2)10-14-4-5-15(28-14)11-29-8-7-26-18(27)12-30-19(26)13-3-6-16(17(21)9-13)20(22,23)24/h3-6,9,19H,7-8,10-12H2,1-2H3. The minimum absolute atomic E-state index is 0.0998. The van der Waals surface area contributed by atoms with Crippen LogP contribution < -0.4 is 0 Å². The van der Waals surface area contributed by atoms with Crippen LogP contribution in [0.5, 0.6) is 0 Å². The maximum atomic E-state index is 13.9. The molecule has 0 aliphatic carbocycles. The van der Waals surface area contributed by atoms with Gasteiger partial charge in [0.15, 0.2) is 0 Å². The van der Waals surface area contributed by atoms with Gasteiger partial charge in [-0.2, -0.15) is 24.9 Å². The van der Waals surface area contributed by atoms with E-state index in [1.807, 2.05) is 31.1 Å². The third-order valence-electron chi connectivity index (χ3n) is 4.46. The van der Waals surface area contributed by atoms with Crippen LogP contribution in [0.2, 0.25) is 0 Å². The molecular weight excluding hydrogens is 440 g/mol. The molecule has 1 amide bonds. The number of nitrogens with zero attached hydrogens (tertiary/aromatic N) is 2. The summed E-state index contributed by atoms with van der Waals surface area (Å²) < 4.78 is 58.0. The maximum Gasteiger partial charge on any atom is 0.419 e. The van der Waals surface area contributed by atoms with Gasteiger partial charge in [-0.25, -0.2) is 4.39 Å². The molecule has 0 bridgehead atoms. The van der Waals surface area contributed by atoms with Crippen molar-refractivity contribution in [1.82, 2.24) is 9.80 Å². The Balaban J connectivity index is 1.56. The van der Waals surface area contributed by atoms with Gasteiger partial charge in [-0.3, -0.25) is 4.79 Å². The zero-order chi connectivity index (χ0) is 21.9. The number of hydrogen-bond acceptors (Lipinski definition) is 5. The maximum absolute atomic E-state index is 13.9. The Morgan fingerprint density at radius 1 is 1.23 bits per heavy atom. The van der Waals surface area contributed by atoms with Crippen molar-refractivity contribution in [2.75, 3.05) is 32.1 Å². The highest BCUT2D eigenvalue weighted by Crippen LogP contribution is 2.40. The summed E-state index contributed by atoms with van der Waals surface area (Å²) in [5.74, 6) is 1.83. The first-order valence-corrected chi connectivity index (χ1v) is 11.4. The smallest absolute Gasteiger partial charge is 0.419 e. The van der Waals surface area contributed by atoms with Crippen LogP contribution in [-0.2, 0) is 23.3 Å². The molecule has 3 rings (SSSR count). The molecule has 1 aliphatic heterocycles. The van der Waals surface area contributed by atoms with Gasteiger partial charge in [0.2, 0.25) is 5.91 Å². The zero-order valence-electron chi connectivity index (χ0n) is 16.5. The molecule has 2 aromatic rings. The Morgan fingerprint density at radius 2 is 1.97 bits per heavy atom. The lowest BCUT2D eigenvalue weighted by Gasteiger charge is -2.24. The number of halogens is 4. The zero-order valence-corrected chi connectivity index (χ0v) is 18.2. The molecule has 0 saturated carbocycles. The lowest BCUT2D eigenvalue weighted by molar-refractivity contribution is -0.140. The second-order valence-corrected chi connectivity index (χ2v) is 9.32. The van der Waals surface area contributed by atoms with E-state index in [1.165, 1.54) is 17.8 Å². The van der Waals surface area contributed by atoms with Gasteiger partial charge in [-0.1, -0.05) is 6.07 Å². The number of carbonyl (C=O) groups is 1. The minimum atomic E-state index is -4.74. The highest BCUT2D eigenvalue weighted by molar-refractivity contribution is 8.00. The summed E-state index contributed by atoms with van der Waals surface area (Å²) in [5, 5.41) is -0.481. The number of carbonyl (C=O) groups excluding carboxylic acids is 1. The van der Waals surface area contributed by atoms with E-state index in [2.05, 4.69) is 0 Å². The lowest BCUT2D eigenvalue weighted by atomic mass is 10.1. The van der Waals surface area contributed by atoms with E-state index in [-0.39, 0.29) is 11.7 Å². The number of amides is 1. The summed E-state index contributed by atoms with van der Waals surface area (Å²) in [5.41, 5.74) is -0.935. The van der Waals surface area contributed by atoms with Crippen molar-refractivity contribution in [3.8, 4) is 0 Å². The predicted molar refractivity (Wildman–Crippen MR) is 111 cm³/mol. The normalized spacial score (nSPS) is 17.4. The lowest BCUT2D eigenvalue weighted by Crippen LogP contribution is -2.30. The molecule has 1 aromatic heterocycles. The number of alkyl halides is 3. The van der Waals surface area contributed by atoms with Gasteiger partial charge in [0, 0.05) is 12.3 Å². The van der Waals surface area contributed by atoms with Crippen molar-refractivity contribution in [3.05, 3.63) is 58.8 Å². The minimum Gasteiger partial charge on any atom is -0.464 e. The van der Waals surface area contributed by atoms with Crippen molar-refractivity contribution in [3.63, 3.8) is 0 Å². The molecule has 0 spiro atoms. The van der Waals surface area contributed by atoms with E-state index in [4.69, 9.17) is 4.42 Å². The van der Waals surface area contributed by atoms with Crippen LogP contribution in [0.4, 0.5) is 17.6 Å². The predicted octanol–water partition coefficient (Wildman–Crippen LogP) is 5.01. The first-order valence-electron chi connectivity index (χ1n) is 9.23. The van der Waals surface area contributed by atoms with Gasteiger partial charge in [0.25, 0.3) is 0 Å². The number of thioether (sulfide) groups is 2. The molecular formula is C20H22F4N2O2S2. The molecule has 1 saturated heterocycles. The molecule has 10 heteroatoms. The Labute approximate surface area is 181 Å². The third-order valence-corrected chi connectivity index (χ3v) is 6.68. The summed E-state index contributed by atoms with van der Waals surface area (Å²) in [6, 6.07) is 6.73. The quantitative estimate of drug-likeness (QED) is 0.407. The number of benzene rings is 1. The van der Waals surface area contributed by atoms with Gasteiger partial charge in [0.1, 0.15) is 22.7 Å². The summed E-state index contributed by atoms with van der Waals surface area (Å²) in [4.78, 5) is 15.8. The number of furan rings is 1. The summed E-state index contributed by atoms with van der Waals surface area (Å²) in [6.45, 7) is 1.14. The van der Waals surface area contributed by atoms with Crippen LogP contribution in [0.15, 0.2) is 34.7 Å². The van der Waals surface area contributed by atoms with Crippen molar-refractivity contribution in [2.45, 2.75) is 23.8 Å². The highest BCUT2D eigenvalue weighted by Gasteiger charge is 2.36. The van der Waals surface area contributed by atoms with E-state index in [1.54, 1.807) is 16.7 Å². The monoisotopic (exact) mass is 462 g/mol. The van der Waals surface area contributed by atoms with Crippen LogP contribution in [0.1, 0.15) is 28.0 Å². The fourth-order valence-corrected chi connectivity index (χ4v) is 5.15. The third kappa shape index (κ3) is 5.73. The molecule has 2 heterocycles. The van der Waals surface area contributed by atoms with Gasteiger partial charge in [0.05, 0.1) is 23.6 Å². The average molecular weight is 463 g/mol. The van der Waals surface area contributed by atoms with E-state index in [9.17, 15) is 22.4 Å².